The topological polar surface area (TPSA) is 55.4 Å². The zero-order valence-electron chi connectivity index (χ0n) is 8.42. The molecule has 0 heterocycles. The molecule has 0 bridgehead atoms. The number of esters is 1. The van der Waals surface area contributed by atoms with Crippen LogP contribution in [0.25, 0.3) is 0 Å². The zero-order valence-corrected chi connectivity index (χ0v) is 10.8. The number of carbonyl (C=O) groups excluding carboxylic acids is 2. The maximum Gasteiger partial charge on any atom is 0.325 e. The van der Waals surface area contributed by atoms with E-state index >= 15 is 0 Å². The molecular weight excluding hydrogens is 297 g/mol. The van der Waals surface area contributed by atoms with Gasteiger partial charge >= 0.3 is 5.97 Å². The van der Waals surface area contributed by atoms with E-state index in [0.29, 0.717) is 15.1 Å². The first-order chi connectivity index (χ1) is 7.54. The van der Waals surface area contributed by atoms with E-state index in [4.69, 9.17) is 11.6 Å². The Balaban J connectivity index is 2.70. The third-order valence-electron chi connectivity index (χ3n) is 1.80. The Morgan fingerprint density at radius 2 is 2.19 bits per heavy atom. The van der Waals surface area contributed by atoms with Crippen molar-refractivity contribution in [1.29, 1.82) is 0 Å². The number of hydrogen-bond acceptors (Lipinski definition) is 3. The molecule has 1 N–H and O–H groups in total. The Kier molecular flexibility index (Phi) is 4.76. The number of halogens is 2. The number of benzene rings is 1. The summed E-state index contributed by atoms with van der Waals surface area (Å²) in [6.07, 6.45) is 0. The SMILES string of the molecule is COC(=O)CNC(=O)c1ccc(Cl)cc1Br. The van der Waals surface area contributed by atoms with Crippen LogP contribution in [-0.4, -0.2) is 25.5 Å². The van der Waals surface area contributed by atoms with Crippen LogP contribution in [0.5, 0.6) is 0 Å². The van der Waals surface area contributed by atoms with Gasteiger partial charge in [0, 0.05) is 9.50 Å². The number of hydrogen-bond donors (Lipinski definition) is 1. The molecule has 0 unspecified atom stereocenters. The van der Waals surface area contributed by atoms with E-state index in [1.54, 1.807) is 18.2 Å². The summed E-state index contributed by atoms with van der Waals surface area (Å²) in [4.78, 5) is 22.4. The first kappa shape index (κ1) is 13.0. The quantitative estimate of drug-likeness (QED) is 0.869. The van der Waals surface area contributed by atoms with Crippen molar-refractivity contribution in [2.75, 3.05) is 13.7 Å². The highest BCUT2D eigenvalue weighted by Gasteiger charge is 2.11. The minimum Gasteiger partial charge on any atom is -0.468 e. The molecule has 0 radical (unpaired) electrons. The van der Waals surface area contributed by atoms with Crippen molar-refractivity contribution in [2.24, 2.45) is 0 Å². The van der Waals surface area contributed by atoms with Crippen LogP contribution in [-0.2, 0) is 9.53 Å². The second kappa shape index (κ2) is 5.86. The molecule has 0 aromatic heterocycles. The van der Waals surface area contributed by atoms with E-state index < -0.39 is 5.97 Å². The minimum absolute atomic E-state index is 0.162. The summed E-state index contributed by atoms with van der Waals surface area (Å²) in [5.74, 6) is -0.868. The standard InChI is InChI=1S/C10H9BrClNO3/c1-16-9(14)5-13-10(15)7-3-2-6(12)4-8(7)11/h2-4H,5H2,1H3,(H,13,15). The van der Waals surface area contributed by atoms with Gasteiger partial charge in [0.25, 0.3) is 5.91 Å². The Morgan fingerprint density at radius 3 is 2.75 bits per heavy atom. The van der Waals surface area contributed by atoms with Gasteiger partial charge in [0.1, 0.15) is 6.54 Å². The molecule has 1 aromatic rings. The molecule has 0 saturated heterocycles. The average Bonchev–Trinajstić information content (AvgIpc) is 2.25. The molecule has 1 aromatic carbocycles. The number of carbonyl (C=O) groups is 2. The molecule has 86 valence electrons. The lowest BCUT2D eigenvalue weighted by Crippen LogP contribution is -2.30. The van der Waals surface area contributed by atoms with Crippen LogP contribution in [0, 0.1) is 0 Å². The smallest absolute Gasteiger partial charge is 0.325 e. The second-order valence-electron chi connectivity index (χ2n) is 2.88. The lowest BCUT2D eigenvalue weighted by Gasteiger charge is -2.05. The van der Waals surface area contributed by atoms with Crippen molar-refractivity contribution >= 4 is 39.4 Å². The first-order valence-corrected chi connectivity index (χ1v) is 5.51. The molecule has 0 aliphatic heterocycles. The molecule has 0 fully saturated rings. The van der Waals surface area contributed by atoms with Crippen LogP contribution in [0.3, 0.4) is 0 Å². The predicted octanol–water partition coefficient (Wildman–Crippen LogP) is 2.01. The number of amides is 1. The van der Waals surface area contributed by atoms with Crippen LogP contribution in [0.15, 0.2) is 22.7 Å². The fourth-order valence-electron chi connectivity index (χ4n) is 0.993. The summed E-state index contributed by atoms with van der Waals surface area (Å²) in [5, 5.41) is 2.95. The minimum atomic E-state index is -0.501. The fourth-order valence-corrected chi connectivity index (χ4v) is 1.86. The highest BCUT2D eigenvalue weighted by atomic mass is 79.9. The predicted molar refractivity (Wildman–Crippen MR) is 63.5 cm³/mol. The third kappa shape index (κ3) is 3.50. The lowest BCUT2D eigenvalue weighted by molar-refractivity contribution is -0.139. The number of rotatable bonds is 3. The third-order valence-corrected chi connectivity index (χ3v) is 2.69. The van der Waals surface area contributed by atoms with Crippen molar-refractivity contribution < 1.29 is 14.3 Å². The van der Waals surface area contributed by atoms with Gasteiger partial charge in [0.15, 0.2) is 0 Å². The largest absolute Gasteiger partial charge is 0.468 e. The monoisotopic (exact) mass is 305 g/mol. The summed E-state index contributed by atoms with van der Waals surface area (Å²) >= 11 is 8.95. The van der Waals surface area contributed by atoms with Gasteiger partial charge in [-0.1, -0.05) is 11.6 Å². The summed E-state index contributed by atoms with van der Waals surface area (Å²) in [6, 6.07) is 4.77. The molecule has 0 atom stereocenters. The maximum absolute atomic E-state index is 11.6. The maximum atomic E-state index is 11.6. The first-order valence-electron chi connectivity index (χ1n) is 4.34. The molecule has 6 heteroatoms. The van der Waals surface area contributed by atoms with Crippen molar-refractivity contribution in [2.45, 2.75) is 0 Å². The highest BCUT2D eigenvalue weighted by molar-refractivity contribution is 9.10. The van der Waals surface area contributed by atoms with Crippen molar-refractivity contribution in [3.05, 3.63) is 33.3 Å². The molecule has 1 amide bonds. The van der Waals surface area contributed by atoms with Crippen molar-refractivity contribution in [3.8, 4) is 0 Å². The number of nitrogens with one attached hydrogen (secondary N) is 1. The van der Waals surface area contributed by atoms with E-state index in [0.717, 1.165) is 0 Å². The average molecular weight is 307 g/mol. The summed E-state index contributed by atoms with van der Waals surface area (Å²) in [7, 11) is 1.26. The Bertz CT molecular complexity index is 423. The highest BCUT2D eigenvalue weighted by Crippen LogP contribution is 2.21. The molecule has 0 saturated carbocycles. The van der Waals surface area contributed by atoms with Crippen LogP contribution < -0.4 is 5.32 Å². The summed E-state index contributed by atoms with van der Waals surface area (Å²) in [5.41, 5.74) is 0.410. The van der Waals surface area contributed by atoms with Crippen molar-refractivity contribution in [3.63, 3.8) is 0 Å². The number of methoxy groups -OCH3 is 1. The van der Waals surface area contributed by atoms with Gasteiger partial charge < -0.3 is 10.1 Å². The molecule has 1 rings (SSSR count). The summed E-state index contributed by atoms with van der Waals surface area (Å²) in [6.45, 7) is -0.162. The van der Waals surface area contributed by atoms with E-state index in [9.17, 15) is 9.59 Å². The van der Waals surface area contributed by atoms with Gasteiger partial charge in [0.2, 0.25) is 0 Å². The lowest BCUT2D eigenvalue weighted by atomic mass is 10.2. The van der Waals surface area contributed by atoms with Gasteiger partial charge in [0.05, 0.1) is 12.7 Å². The second-order valence-corrected chi connectivity index (χ2v) is 4.17. The molecule has 0 aliphatic rings. The van der Waals surface area contributed by atoms with Gasteiger partial charge in [-0.25, -0.2) is 0 Å². The van der Waals surface area contributed by atoms with Gasteiger partial charge in [-0.05, 0) is 34.1 Å². The van der Waals surface area contributed by atoms with E-state index in [1.807, 2.05) is 0 Å². The molecule has 0 spiro atoms. The van der Waals surface area contributed by atoms with Crippen molar-refractivity contribution in [1.82, 2.24) is 5.32 Å². The Morgan fingerprint density at radius 1 is 1.50 bits per heavy atom. The molecule has 16 heavy (non-hydrogen) atoms. The molecule has 0 aliphatic carbocycles. The zero-order chi connectivity index (χ0) is 12.1. The Labute approximate surface area is 106 Å². The van der Waals surface area contributed by atoms with Crippen LogP contribution >= 0.6 is 27.5 Å². The van der Waals surface area contributed by atoms with E-state index in [1.165, 1.54) is 7.11 Å². The fraction of sp³-hybridized carbons (Fsp3) is 0.200. The van der Waals surface area contributed by atoms with Crippen LogP contribution in [0.1, 0.15) is 10.4 Å². The van der Waals surface area contributed by atoms with Gasteiger partial charge in [-0.15, -0.1) is 0 Å². The van der Waals surface area contributed by atoms with E-state index in [2.05, 4.69) is 26.0 Å². The van der Waals surface area contributed by atoms with Gasteiger partial charge in [-0.3, -0.25) is 9.59 Å². The van der Waals surface area contributed by atoms with Gasteiger partial charge in [-0.2, -0.15) is 0 Å². The number of ether oxygens (including phenoxy) is 1. The van der Waals surface area contributed by atoms with E-state index in [-0.39, 0.29) is 12.5 Å². The summed E-state index contributed by atoms with van der Waals surface area (Å²) < 4.78 is 4.97. The Hall–Kier alpha value is -1.07. The van der Waals surface area contributed by atoms with Crippen LogP contribution in [0.4, 0.5) is 0 Å². The normalized spacial score (nSPS) is 9.69. The molecule has 4 nitrogen and oxygen atoms in total. The molecular formula is C10H9BrClNO3. The van der Waals surface area contributed by atoms with Crippen LogP contribution in [0.2, 0.25) is 5.02 Å².